The van der Waals surface area contributed by atoms with E-state index in [2.05, 4.69) is 0 Å². The molecular formula is C15H32O3Si. The lowest BCUT2D eigenvalue weighted by atomic mass is 9.86. The summed E-state index contributed by atoms with van der Waals surface area (Å²) in [5, 5.41) is 0. The van der Waals surface area contributed by atoms with E-state index >= 15 is 0 Å². The van der Waals surface area contributed by atoms with Crippen LogP contribution in [0.25, 0.3) is 0 Å². The standard InChI is InChI=1S/C15H32O3Si/c1-4-16-19(17-5-2,18-6-3)14-10-13-15-11-8-7-9-12-15/h15H,4-14H2,1-3H3. The van der Waals surface area contributed by atoms with E-state index in [0.29, 0.717) is 19.8 Å². The summed E-state index contributed by atoms with van der Waals surface area (Å²) in [6.07, 6.45) is 9.65. The minimum atomic E-state index is -2.38. The van der Waals surface area contributed by atoms with Crippen molar-refractivity contribution in [1.82, 2.24) is 0 Å². The molecule has 0 aromatic rings. The van der Waals surface area contributed by atoms with Gasteiger partial charge in [0.15, 0.2) is 0 Å². The molecule has 114 valence electrons. The molecule has 0 N–H and O–H groups in total. The Balaban J connectivity index is 2.36. The summed E-state index contributed by atoms with van der Waals surface area (Å²) in [7, 11) is -2.38. The van der Waals surface area contributed by atoms with Gasteiger partial charge in [0, 0.05) is 25.9 Å². The number of hydrogen-bond donors (Lipinski definition) is 0. The highest BCUT2D eigenvalue weighted by atomic mass is 28.4. The average molecular weight is 289 g/mol. The lowest BCUT2D eigenvalue weighted by Gasteiger charge is -2.29. The van der Waals surface area contributed by atoms with Crippen molar-refractivity contribution in [3.8, 4) is 0 Å². The predicted octanol–water partition coefficient (Wildman–Crippen LogP) is 4.40. The minimum absolute atomic E-state index is 0.690. The topological polar surface area (TPSA) is 27.7 Å². The van der Waals surface area contributed by atoms with Crippen molar-refractivity contribution >= 4 is 8.80 Å². The maximum atomic E-state index is 5.89. The highest BCUT2D eigenvalue weighted by molar-refractivity contribution is 6.60. The Bertz CT molecular complexity index is 200. The van der Waals surface area contributed by atoms with Gasteiger partial charge in [-0.3, -0.25) is 0 Å². The summed E-state index contributed by atoms with van der Waals surface area (Å²) >= 11 is 0. The second kappa shape index (κ2) is 9.92. The van der Waals surface area contributed by atoms with E-state index in [9.17, 15) is 0 Å². The van der Waals surface area contributed by atoms with Crippen LogP contribution < -0.4 is 0 Å². The Kier molecular flexibility index (Phi) is 8.95. The van der Waals surface area contributed by atoms with Crippen LogP contribution in [0.1, 0.15) is 65.7 Å². The summed E-state index contributed by atoms with van der Waals surface area (Å²) in [4.78, 5) is 0. The molecule has 0 radical (unpaired) electrons. The first-order valence-electron chi connectivity index (χ1n) is 8.18. The first-order valence-corrected chi connectivity index (χ1v) is 10.1. The summed E-state index contributed by atoms with van der Waals surface area (Å²) in [6, 6.07) is 0.985. The maximum absolute atomic E-state index is 5.89. The van der Waals surface area contributed by atoms with Gasteiger partial charge in [0.2, 0.25) is 0 Å². The van der Waals surface area contributed by atoms with Crippen LogP contribution in [0, 0.1) is 5.92 Å². The van der Waals surface area contributed by atoms with Gasteiger partial charge in [-0.1, -0.05) is 38.5 Å². The van der Waals surface area contributed by atoms with Gasteiger partial charge in [0.1, 0.15) is 0 Å². The molecule has 0 heterocycles. The fourth-order valence-corrected chi connectivity index (χ4v) is 5.72. The molecule has 0 amide bonds. The van der Waals surface area contributed by atoms with Crippen LogP contribution in [0.4, 0.5) is 0 Å². The Morgan fingerprint density at radius 3 is 1.84 bits per heavy atom. The van der Waals surface area contributed by atoms with Crippen LogP contribution in [-0.4, -0.2) is 28.6 Å². The molecule has 0 aliphatic heterocycles. The van der Waals surface area contributed by atoms with Gasteiger partial charge in [-0.05, 0) is 33.1 Å². The van der Waals surface area contributed by atoms with Crippen LogP contribution >= 0.6 is 0 Å². The van der Waals surface area contributed by atoms with Gasteiger partial charge in [0.05, 0.1) is 0 Å². The van der Waals surface area contributed by atoms with Crippen LogP contribution in [0.2, 0.25) is 6.04 Å². The third-order valence-electron chi connectivity index (χ3n) is 3.91. The fraction of sp³-hybridized carbons (Fsp3) is 1.00. The SMILES string of the molecule is CCO[Si](CCCC1CCCCC1)(OCC)OCC. The normalized spacial score (nSPS) is 17.8. The minimum Gasteiger partial charge on any atom is -0.374 e. The van der Waals surface area contributed by atoms with Crippen LogP contribution in [0.3, 0.4) is 0 Å². The van der Waals surface area contributed by atoms with Gasteiger partial charge in [-0.15, -0.1) is 0 Å². The zero-order chi connectivity index (χ0) is 14.0. The first-order chi connectivity index (χ1) is 9.26. The first kappa shape index (κ1) is 17.1. The molecule has 0 bridgehead atoms. The van der Waals surface area contributed by atoms with Gasteiger partial charge >= 0.3 is 8.80 Å². The van der Waals surface area contributed by atoms with Crippen molar-refractivity contribution in [2.75, 3.05) is 19.8 Å². The summed E-state index contributed by atoms with van der Waals surface area (Å²) in [5.74, 6) is 0.935. The van der Waals surface area contributed by atoms with Gasteiger partial charge < -0.3 is 13.3 Å². The molecule has 1 aliphatic carbocycles. The molecule has 1 fully saturated rings. The average Bonchev–Trinajstić information content (AvgIpc) is 2.41. The Morgan fingerprint density at radius 1 is 0.842 bits per heavy atom. The van der Waals surface area contributed by atoms with Gasteiger partial charge in [-0.2, -0.15) is 0 Å². The molecule has 0 spiro atoms. The van der Waals surface area contributed by atoms with Crippen LogP contribution in [0.5, 0.6) is 0 Å². The summed E-state index contributed by atoms with van der Waals surface area (Å²) in [5.41, 5.74) is 0. The van der Waals surface area contributed by atoms with E-state index in [0.717, 1.165) is 12.0 Å². The Labute approximate surface area is 120 Å². The molecule has 0 aromatic heterocycles. The third-order valence-corrected chi connectivity index (χ3v) is 7.06. The van der Waals surface area contributed by atoms with Crippen molar-refractivity contribution in [1.29, 1.82) is 0 Å². The van der Waals surface area contributed by atoms with E-state index in [1.54, 1.807) is 0 Å². The van der Waals surface area contributed by atoms with E-state index in [-0.39, 0.29) is 0 Å². The largest absolute Gasteiger partial charge is 0.500 e. The Hall–Kier alpha value is 0.0969. The molecule has 3 nitrogen and oxygen atoms in total. The van der Waals surface area contributed by atoms with Crippen molar-refractivity contribution in [3.63, 3.8) is 0 Å². The second-order valence-corrected chi connectivity index (χ2v) is 8.11. The molecule has 1 saturated carbocycles. The highest BCUT2D eigenvalue weighted by Crippen LogP contribution is 2.29. The van der Waals surface area contributed by atoms with E-state index in [4.69, 9.17) is 13.3 Å². The highest BCUT2D eigenvalue weighted by Gasteiger charge is 2.39. The van der Waals surface area contributed by atoms with Gasteiger partial charge in [-0.25, -0.2) is 0 Å². The molecule has 19 heavy (non-hydrogen) atoms. The maximum Gasteiger partial charge on any atom is 0.500 e. The monoisotopic (exact) mass is 288 g/mol. The van der Waals surface area contributed by atoms with Crippen molar-refractivity contribution in [2.45, 2.75) is 71.8 Å². The lowest BCUT2D eigenvalue weighted by Crippen LogP contribution is -2.46. The molecule has 0 atom stereocenters. The molecule has 4 heteroatoms. The van der Waals surface area contributed by atoms with E-state index < -0.39 is 8.80 Å². The molecular weight excluding hydrogens is 256 g/mol. The second-order valence-electron chi connectivity index (χ2n) is 5.38. The molecule has 1 aliphatic rings. The molecule has 1 rings (SSSR count). The zero-order valence-electron chi connectivity index (χ0n) is 13.1. The third kappa shape index (κ3) is 6.39. The van der Waals surface area contributed by atoms with E-state index in [1.165, 1.54) is 44.9 Å². The molecule has 0 saturated heterocycles. The molecule has 0 aromatic carbocycles. The predicted molar refractivity (Wildman–Crippen MR) is 81.2 cm³/mol. The number of hydrogen-bond acceptors (Lipinski definition) is 3. The molecule has 0 unspecified atom stereocenters. The zero-order valence-corrected chi connectivity index (χ0v) is 14.1. The van der Waals surface area contributed by atoms with Crippen molar-refractivity contribution in [2.24, 2.45) is 5.92 Å². The fourth-order valence-electron chi connectivity index (χ4n) is 3.08. The quantitative estimate of drug-likeness (QED) is 0.558. The summed E-state index contributed by atoms with van der Waals surface area (Å²) in [6.45, 7) is 8.16. The van der Waals surface area contributed by atoms with E-state index in [1.807, 2.05) is 20.8 Å². The lowest BCUT2D eigenvalue weighted by molar-refractivity contribution is 0.0702. The van der Waals surface area contributed by atoms with Crippen molar-refractivity contribution in [3.05, 3.63) is 0 Å². The summed E-state index contributed by atoms with van der Waals surface area (Å²) < 4.78 is 17.7. The Morgan fingerprint density at radius 2 is 1.37 bits per heavy atom. The van der Waals surface area contributed by atoms with Gasteiger partial charge in [0.25, 0.3) is 0 Å². The number of rotatable bonds is 10. The smallest absolute Gasteiger partial charge is 0.374 e. The van der Waals surface area contributed by atoms with Crippen LogP contribution in [-0.2, 0) is 13.3 Å². The van der Waals surface area contributed by atoms with Crippen LogP contribution in [0.15, 0.2) is 0 Å². The van der Waals surface area contributed by atoms with Crippen molar-refractivity contribution < 1.29 is 13.3 Å².